The highest BCUT2D eigenvalue weighted by atomic mass is 32.2. The maximum atomic E-state index is 11.7. The van der Waals surface area contributed by atoms with E-state index in [1.165, 1.54) is 0 Å². The Morgan fingerprint density at radius 2 is 1.42 bits per heavy atom. The summed E-state index contributed by atoms with van der Waals surface area (Å²) in [5.41, 5.74) is 0. The average molecular weight is 214 g/mol. The normalized spacial score (nSPS) is 14.8. The van der Waals surface area contributed by atoms with Crippen molar-refractivity contribution in [2.75, 3.05) is 0 Å². The lowest BCUT2D eigenvalue weighted by atomic mass is 10.6. The monoisotopic (exact) mass is 214 g/mol. The molecule has 0 amide bonds. The van der Waals surface area contributed by atoms with E-state index < -0.39 is 22.4 Å². The highest BCUT2D eigenvalue weighted by molar-refractivity contribution is 7.87. The van der Waals surface area contributed by atoms with Gasteiger partial charge >= 0.3 is 12.2 Å². The van der Waals surface area contributed by atoms with Crippen LogP contribution in [0.3, 0.4) is 0 Å². The number of nitrogens with two attached hydrogens (primary N) is 1. The van der Waals surface area contributed by atoms with Crippen molar-refractivity contribution in [1.82, 2.24) is 4.72 Å². The summed E-state index contributed by atoms with van der Waals surface area (Å²) in [6.45, 7) is 0. The third-order valence-corrected chi connectivity index (χ3v) is 1.17. The lowest BCUT2D eigenvalue weighted by Gasteiger charge is -2.18. The summed E-state index contributed by atoms with van der Waals surface area (Å²) in [7, 11) is -5.08. The van der Waals surface area contributed by atoms with Gasteiger partial charge in [0.05, 0.1) is 0 Å². The van der Waals surface area contributed by atoms with E-state index in [2.05, 4.69) is 5.14 Å². The van der Waals surface area contributed by atoms with Gasteiger partial charge in [0.2, 0.25) is 0 Å². The molecular formula is C2H3F5N2O2S. The Bertz CT molecular complexity index is 255. The van der Waals surface area contributed by atoms with Crippen LogP contribution in [0.15, 0.2) is 0 Å². The number of halogens is 5. The molecule has 0 atom stereocenters. The van der Waals surface area contributed by atoms with Crippen molar-refractivity contribution in [3.63, 3.8) is 0 Å². The van der Waals surface area contributed by atoms with Crippen molar-refractivity contribution in [3.05, 3.63) is 0 Å². The van der Waals surface area contributed by atoms with Crippen molar-refractivity contribution in [3.8, 4) is 0 Å². The molecule has 74 valence electrons. The molecular weight excluding hydrogens is 211 g/mol. The summed E-state index contributed by atoms with van der Waals surface area (Å²) in [5, 5.41) is 3.90. The number of rotatable bonds is 2. The Morgan fingerprint density at radius 3 is 1.50 bits per heavy atom. The van der Waals surface area contributed by atoms with E-state index in [0.717, 1.165) is 0 Å². The third kappa shape index (κ3) is 3.28. The summed E-state index contributed by atoms with van der Waals surface area (Å²) in [4.78, 5) is 0. The number of hydrogen-bond acceptors (Lipinski definition) is 2. The fourth-order valence-corrected chi connectivity index (χ4v) is 0.710. The molecule has 0 aromatic carbocycles. The van der Waals surface area contributed by atoms with E-state index in [1.807, 2.05) is 0 Å². The van der Waals surface area contributed by atoms with Gasteiger partial charge in [-0.3, -0.25) is 0 Å². The summed E-state index contributed by atoms with van der Waals surface area (Å²) in [5.74, 6) is 0. The van der Waals surface area contributed by atoms with Crippen LogP contribution >= 0.6 is 0 Å². The summed E-state index contributed by atoms with van der Waals surface area (Å²) < 4.78 is 76.6. The Balaban J connectivity index is 4.67. The third-order valence-electron chi connectivity index (χ3n) is 0.626. The minimum atomic E-state index is -6.00. The minimum Gasteiger partial charge on any atom is -0.216 e. The molecule has 0 aliphatic rings. The second kappa shape index (κ2) is 2.78. The van der Waals surface area contributed by atoms with Crippen LogP contribution in [-0.2, 0) is 10.2 Å². The second-order valence-electron chi connectivity index (χ2n) is 1.72. The minimum absolute atomic E-state index is 0.0729. The second-order valence-corrected chi connectivity index (χ2v) is 3.01. The van der Waals surface area contributed by atoms with Crippen LogP contribution in [-0.4, -0.2) is 20.6 Å². The molecule has 12 heavy (non-hydrogen) atoms. The fourth-order valence-electron chi connectivity index (χ4n) is 0.237. The van der Waals surface area contributed by atoms with Gasteiger partial charge in [-0.2, -0.15) is 30.4 Å². The van der Waals surface area contributed by atoms with Crippen LogP contribution in [0, 0.1) is 0 Å². The fraction of sp³-hybridized carbons (Fsp3) is 1.00. The van der Waals surface area contributed by atoms with Crippen molar-refractivity contribution in [1.29, 1.82) is 0 Å². The van der Waals surface area contributed by atoms with Gasteiger partial charge in [0.25, 0.3) is 10.2 Å². The van der Waals surface area contributed by atoms with Gasteiger partial charge in [-0.15, -0.1) is 4.72 Å². The zero-order chi connectivity index (χ0) is 10.2. The number of nitrogens with one attached hydrogen (secondary N) is 1. The topological polar surface area (TPSA) is 72.2 Å². The van der Waals surface area contributed by atoms with E-state index in [9.17, 15) is 30.4 Å². The molecule has 0 spiro atoms. The van der Waals surface area contributed by atoms with Gasteiger partial charge in [-0.1, -0.05) is 0 Å². The van der Waals surface area contributed by atoms with Crippen LogP contribution < -0.4 is 9.86 Å². The standard InChI is InChI=1S/C2H3F5N2O2S/c3-1(4,5)2(6,7)9-12(8,10)11/h9H,(H2,8,10,11). The van der Waals surface area contributed by atoms with E-state index >= 15 is 0 Å². The molecule has 0 bridgehead atoms. The van der Waals surface area contributed by atoms with Gasteiger partial charge < -0.3 is 0 Å². The molecule has 0 radical (unpaired) electrons. The van der Waals surface area contributed by atoms with E-state index in [-0.39, 0.29) is 4.72 Å². The highest BCUT2D eigenvalue weighted by Gasteiger charge is 2.59. The van der Waals surface area contributed by atoms with Crippen molar-refractivity contribution < 1.29 is 30.4 Å². The molecule has 4 nitrogen and oxygen atoms in total. The maximum absolute atomic E-state index is 11.7. The molecule has 0 aliphatic carbocycles. The van der Waals surface area contributed by atoms with Gasteiger partial charge in [-0.05, 0) is 0 Å². The zero-order valence-corrected chi connectivity index (χ0v) is 6.01. The van der Waals surface area contributed by atoms with Crippen LogP contribution in [0.4, 0.5) is 22.0 Å². The lowest BCUT2D eigenvalue weighted by Crippen LogP contribution is -2.53. The van der Waals surface area contributed by atoms with Crippen LogP contribution in [0.1, 0.15) is 0 Å². The van der Waals surface area contributed by atoms with E-state index in [1.54, 1.807) is 0 Å². The van der Waals surface area contributed by atoms with Crippen molar-refractivity contribution in [2.24, 2.45) is 5.14 Å². The molecule has 0 unspecified atom stereocenters. The summed E-state index contributed by atoms with van der Waals surface area (Å²) in [6, 6.07) is -5.54. The quantitative estimate of drug-likeness (QED) is 0.499. The van der Waals surface area contributed by atoms with Crippen molar-refractivity contribution in [2.45, 2.75) is 12.2 Å². The smallest absolute Gasteiger partial charge is 0.216 e. The predicted molar refractivity (Wildman–Crippen MR) is 27.2 cm³/mol. The molecule has 0 heterocycles. The first-order chi connectivity index (χ1) is 4.96. The van der Waals surface area contributed by atoms with Gasteiger partial charge in [0.15, 0.2) is 0 Å². The average Bonchev–Trinajstić information content (AvgIpc) is 1.52. The lowest BCUT2D eigenvalue weighted by molar-refractivity contribution is -0.286. The molecule has 0 aromatic rings. The Hall–Kier alpha value is -0.480. The van der Waals surface area contributed by atoms with Gasteiger partial charge in [-0.25, -0.2) is 5.14 Å². The molecule has 0 fully saturated rings. The summed E-state index contributed by atoms with van der Waals surface area (Å²) in [6.07, 6.45) is -6.00. The van der Waals surface area contributed by atoms with E-state index in [0.29, 0.717) is 0 Å². The Labute approximate surface area is 63.7 Å². The SMILES string of the molecule is NS(=O)(=O)NC(F)(F)C(F)(F)F. The molecule has 3 N–H and O–H groups in total. The first-order valence-electron chi connectivity index (χ1n) is 2.22. The first kappa shape index (κ1) is 11.5. The van der Waals surface area contributed by atoms with E-state index in [4.69, 9.17) is 0 Å². The molecule has 0 saturated heterocycles. The van der Waals surface area contributed by atoms with Gasteiger partial charge in [0, 0.05) is 0 Å². The van der Waals surface area contributed by atoms with Crippen molar-refractivity contribution >= 4 is 10.2 Å². The van der Waals surface area contributed by atoms with Crippen LogP contribution in [0.25, 0.3) is 0 Å². The number of alkyl halides is 5. The van der Waals surface area contributed by atoms with Crippen LogP contribution in [0.5, 0.6) is 0 Å². The molecule has 0 aliphatic heterocycles. The molecule has 0 aromatic heterocycles. The molecule has 10 heteroatoms. The molecule has 0 rings (SSSR count). The Kier molecular flexibility index (Phi) is 2.67. The van der Waals surface area contributed by atoms with Crippen LogP contribution in [0.2, 0.25) is 0 Å². The largest absolute Gasteiger partial charge is 0.470 e. The zero-order valence-electron chi connectivity index (χ0n) is 5.19. The first-order valence-corrected chi connectivity index (χ1v) is 3.76. The number of hydrogen-bond donors (Lipinski definition) is 2. The highest BCUT2D eigenvalue weighted by Crippen LogP contribution is 2.32. The maximum Gasteiger partial charge on any atom is 0.470 e. The molecule has 0 saturated carbocycles. The Morgan fingerprint density at radius 1 is 1.08 bits per heavy atom. The summed E-state index contributed by atoms with van der Waals surface area (Å²) >= 11 is 0. The van der Waals surface area contributed by atoms with Gasteiger partial charge in [0.1, 0.15) is 0 Å². The predicted octanol–water partition coefficient (Wildman–Crippen LogP) is -0.0654.